The van der Waals surface area contributed by atoms with Crippen LogP contribution in [0.5, 0.6) is 0 Å². The number of piperidine rings is 1. The van der Waals surface area contributed by atoms with Crippen molar-refractivity contribution in [2.24, 2.45) is 11.8 Å². The lowest BCUT2D eigenvalue weighted by molar-refractivity contribution is -0.118. The molecule has 1 aliphatic heterocycles. The molecule has 11 heteroatoms. The van der Waals surface area contributed by atoms with Crippen molar-refractivity contribution in [2.75, 3.05) is 39.0 Å². The smallest absolute Gasteiger partial charge is 0.281 e. The van der Waals surface area contributed by atoms with Crippen LogP contribution in [0.3, 0.4) is 0 Å². The molecule has 0 radical (unpaired) electrons. The molecule has 1 aromatic rings. The number of amides is 1. The maximum absolute atomic E-state index is 12.5. The highest BCUT2D eigenvalue weighted by Gasteiger charge is 2.30. The van der Waals surface area contributed by atoms with Gasteiger partial charge in [0, 0.05) is 45.3 Å². The van der Waals surface area contributed by atoms with Gasteiger partial charge in [0.05, 0.1) is 4.90 Å². The molecule has 29 heavy (non-hydrogen) atoms. The largest absolute Gasteiger partial charge is 0.326 e. The van der Waals surface area contributed by atoms with Gasteiger partial charge in [-0.2, -0.15) is 17.0 Å². The van der Waals surface area contributed by atoms with Crippen molar-refractivity contribution in [3.05, 3.63) is 24.3 Å². The van der Waals surface area contributed by atoms with Gasteiger partial charge in [0.2, 0.25) is 15.9 Å². The maximum atomic E-state index is 12.5. The summed E-state index contributed by atoms with van der Waals surface area (Å²) in [7, 11) is -4.12. The van der Waals surface area contributed by atoms with Crippen molar-refractivity contribution >= 4 is 31.8 Å². The van der Waals surface area contributed by atoms with Gasteiger partial charge in [-0.05, 0) is 43.0 Å². The van der Waals surface area contributed by atoms with E-state index in [4.69, 9.17) is 0 Å². The number of sulfonamides is 1. The minimum absolute atomic E-state index is 0.0722. The maximum Gasteiger partial charge on any atom is 0.281 e. The number of benzene rings is 1. The fourth-order valence-electron chi connectivity index (χ4n) is 2.89. The van der Waals surface area contributed by atoms with Crippen LogP contribution in [0.2, 0.25) is 0 Å². The van der Waals surface area contributed by atoms with Gasteiger partial charge in [0.1, 0.15) is 0 Å². The van der Waals surface area contributed by atoms with E-state index in [0.717, 1.165) is 0 Å². The minimum atomic E-state index is -3.68. The lowest BCUT2D eigenvalue weighted by Crippen LogP contribution is -2.45. The quantitative estimate of drug-likeness (QED) is 0.620. The first-order valence-electron chi connectivity index (χ1n) is 9.51. The van der Waals surface area contributed by atoms with Crippen LogP contribution in [0.1, 0.15) is 26.7 Å². The lowest BCUT2D eigenvalue weighted by atomic mass is 9.99. The molecule has 0 unspecified atom stereocenters. The molecular formula is C18H30N4O5S2. The number of nitrogens with one attached hydrogen (secondary N) is 2. The van der Waals surface area contributed by atoms with E-state index in [1.54, 1.807) is 26.0 Å². The van der Waals surface area contributed by atoms with Gasteiger partial charge in [0.15, 0.2) is 0 Å². The van der Waals surface area contributed by atoms with Crippen molar-refractivity contribution in [1.29, 1.82) is 0 Å². The standard InChI is InChI=1S/C18H30N4O5S2/c1-14(2)18(23)20-16-5-7-17(8-6-16)28(24,25)19-13-15-9-11-22(12-10-15)29(26,27)21(3)4/h5-8,14-15,19H,9-13H2,1-4H3,(H,20,23). The van der Waals surface area contributed by atoms with Crippen molar-refractivity contribution in [1.82, 2.24) is 13.3 Å². The molecule has 0 atom stereocenters. The van der Waals surface area contributed by atoms with E-state index < -0.39 is 20.2 Å². The predicted octanol–water partition coefficient (Wildman–Crippen LogP) is 1.08. The molecular weight excluding hydrogens is 416 g/mol. The molecule has 0 bridgehead atoms. The molecule has 0 aliphatic carbocycles. The van der Waals surface area contributed by atoms with E-state index in [9.17, 15) is 21.6 Å². The van der Waals surface area contributed by atoms with Crippen LogP contribution in [0, 0.1) is 11.8 Å². The van der Waals surface area contributed by atoms with E-state index in [0.29, 0.717) is 31.6 Å². The van der Waals surface area contributed by atoms with Crippen molar-refractivity contribution < 1.29 is 21.6 Å². The Balaban J connectivity index is 1.90. The van der Waals surface area contributed by atoms with Gasteiger partial charge in [0.25, 0.3) is 10.2 Å². The van der Waals surface area contributed by atoms with Gasteiger partial charge >= 0.3 is 0 Å². The van der Waals surface area contributed by atoms with Gasteiger partial charge in [-0.1, -0.05) is 13.8 Å². The second-order valence-electron chi connectivity index (χ2n) is 7.65. The third kappa shape index (κ3) is 6.22. The fraction of sp³-hybridized carbons (Fsp3) is 0.611. The summed E-state index contributed by atoms with van der Waals surface area (Å²) in [6.07, 6.45) is 1.19. The van der Waals surface area contributed by atoms with E-state index >= 15 is 0 Å². The number of hydrogen-bond donors (Lipinski definition) is 2. The fourth-order valence-corrected chi connectivity index (χ4v) is 5.14. The van der Waals surface area contributed by atoms with Crippen LogP contribution >= 0.6 is 0 Å². The normalized spacial score (nSPS) is 17.0. The summed E-state index contributed by atoms with van der Waals surface area (Å²) in [5, 5.41) is 2.72. The van der Waals surface area contributed by atoms with Crippen LogP contribution < -0.4 is 10.0 Å². The van der Waals surface area contributed by atoms with E-state index in [1.807, 2.05) is 0 Å². The second kappa shape index (κ2) is 9.52. The lowest BCUT2D eigenvalue weighted by Gasteiger charge is -2.32. The molecule has 2 rings (SSSR count). The summed E-state index contributed by atoms with van der Waals surface area (Å²) in [5.41, 5.74) is 0.539. The number of rotatable bonds is 8. The van der Waals surface area contributed by atoms with Gasteiger partial charge in [-0.25, -0.2) is 13.1 Å². The summed E-state index contributed by atoms with van der Waals surface area (Å²) < 4.78 is 54.5. The summed E-state index contributed by atoms with van der Waals surface area (Å²) in [6.45, 7) is 4.55. The highest BCUT2D eigenvalue weighted by molar-refractivity contribution is 7.89. The van der Waals surface area contributed by atoms with Crippen molar-refractivity contribution in [3.63, 3.8) is 0 Å². The third-order valence-corrected chi connectivity index (χ3v) is 8.26. The molecule has 164 valence electrons. The number of anilines is 1. The van der Waals surface area contributed by atoms with Crippen LogP contribution in [0.25, 0.3) is 0 Å². The molecule has 9 nitrogen and oxygen atoms in total. The molecule has 0 saturated carbocycles. The Morgan fingerprint density at radius 2 is 1.66 bits per heavy atom. The molecule has 1 aliphatic rings. The predicted molar refractivity (Wildman–Crippen MR) is 112 cm³/mol. The van der Waals surface area contributed by atoms with E-state index in [-0.39, 0.29) is 29.2 Å². The third-order valence-electron chi connectivity index (χ3n) is 4.88. The zero-order valence-corrected chi connectivity index (χ0v) is 18.9. The minimum Gasteiger partial charge on any atom is -0.326 e. The molecule has 1 aromatic carbocycles. The van der Waals surface area contributed by atoms with E-state index in [1.165, 1.54) is 34.8 Å². The molecule has 1 fully saturated rings. The Morgan fingerprint density at radius 3 is 2.14 bits per heavy atom. The Kier molecular flexibility index (Phi) is 7.80. The van der Waals surface area contributed by atoms with Crippen LogP contribution in [-0.2, 0) is 25.0 Å². The Bertz CT molecular complexity index is 904. The highest BCUT2D eigenvalue weighted by atomic mass is 32.2. The Labute approximate surface area is 173 Å². The summed E-state index contributed by atoms with van der Waals surface area (Å²) in [5.74, 6) is -0.233. The second-order valence-corrected chi connectivity index (χ2v) is 11.6. The van der Waals surface area contributed by atoms with Gasteiger partial charge in [-0.15, -0.1) is 0 Å². The summed E-state index contributed by atoms with van der Waals surface area (Å²) in [4.78, 5) is 11.8. The van der Waals surface area contributed by atoms with E-state index in [2.05, 4.69) is 10.0 Å². The first-order valence-corrected chi connectivity index (χ1v) is 12.4. The molecule has 1 saturated heterocycles. The number of carbonyl (C=O) groups excluding carboxylic acids is 1. The van der Waals surface area contributed by atoms with Crippen LogP contribution in [0.15, 0.2) is 29.2 Å². The molecule has 2 N–H and O–H groups in total. The SMILES string of the molecule is CC(C)C(=O)Nc1ccc(S(=O)(=O)NCC2CCN(S(=O)(=O)N(C)C)CC2)cc1. The highest BCUT2D eigenvalue weighted by Crippen LogP contribution is 2.21. The van der Waals surface area contributed by atoms with Crippen LogP contribution in [0.4, 0.5) is 5.69 Å². The van der Waals surface area contributed by atoms with Crippen molar-refractivity contribution in [3.8, 4) is 0 Å². The average Bonchev–Trinajstić information content (AvgIpc) is 2.67. The first kappa shape index (κ1) is 23.7. The Morgan fingerprint density at radius 1 is 1.10 bits per heavy atom. The van der Waals surface area contributed by atoms with Crippen molar-refractivity contribution in [2.45, 2.75) is 31.6 Å². The Hall–Kier alpha value is -1.53. The average molecular weight is 447 g/mol. The van der Waals surface area contributed by atoms with Gasteiger partial charge < -0.3 is 5.32 Å². The monoisotopic (exact) mass is 446 g/mol. The molecule has 1 amide bonds. The topological polar surface area (TPSA) is 116 Å². The molecule has 0 aromatic heterocycles. The number of carbonyl (C=O) groups is 1. The zero-order chi connectivity index (χ0) is 21.8. The number of nitrogens with zero attached hydrogens (tertiary/aromatic N) is 2. The van der Waals surface area contributed by atoms with Gasteiger partial charge in [-0.3, -0.25) is 4.79 Å². The first-order chi connectivity index (χ1) is 13.4. The summed E-state index contributed by atoms with van der Waals surface area (Å²) >= 11 is 0. The van der Waals surface area contributed by atoms with Crippen LogP contribution in [-0.4, -0.2) is 65.1 Å². The number of hydrogen-bond acceptors (Lipinski definition) is 5. The molecule has 1 heterocycles. The zero-order valence-electron chi connectivity index (χ0n) is 17.3. The summed E-state index contributed by atoms with van der Waals surface area (Å²) in [6, 6.07) is 6.01. The molecule has 0 spiro atoms.